The fourth-order valence-electron chi connectivity index (χ4n) is 2.36. The first-order chi connectivity index (χ1) is 11.8. The lowest BCUT2D eigenvalue weighted by Crippen LogP contribution is -2.00. The third-order valence-corrected chi connectivity index (χ3v) is 3.65. The molecule has 0 atom stereocenters. The normalized spacial score (nSPS) is 10.7. The molecule has 0 saturated carbocycles. The van der Waals surface area contributed by atoms with Gasteiger partial charge in [-0.25, -0.2) is 0 Å². The SMILES string of the molecule is Cc1ccc(-c2cncc(-n3nnc(-c4ccccn4)n3)c2)cc1. The minimum Gasteiger partial charge on any atom is -0.262 e. The highest BCUT2D eigenvalue weighted by Crippen LogP contribution is 2.21. The van der Waals surface area contributed by atoms with E-state index < -0.39 is 0 Å². The summed E-state index contributed by atoms with van der Waals surface area (Å²) in [5.41, 5.74) is 4.76. The number of aryl methyl sites for hydroxylation is 1. The molecule has 116 valence electrons. The topological polar surface area (TPSA) is 69.4 Å². The summed E-state index contributed by atoms with van der Waals surface area (Å²) in [4.78, 5) is 10.00. The van der Waals surface area contributed by atoms with Crippen LogP contribution in [0.25, 0.3) is 28.3 Å². The minimum absolute atomic E-state index is 0.483. The van der Waals surface area contributed by atoms with Gasteiger partial charge in [-0.05, 0) is 35.9 Å². The lowest BCUT2D eigenvalue weighted by Gasteiger charge is -2.04. The Hall–Kier alpha value is -3.41. The Morgan fingerprint density at radius 1 is 0.917 bits per heavy atom. The summed E-state index contributed by atoms with van der Waals surface area (Å²) in [6.07, 6.45) is 5.24. The molecule has 1 aromatic carbocycles. The van der Waals surface area contributed by atoms with E-state index in [1.54, 1.807) is 12.4 Å². The number of aromatic nitrogens is 6. The standard InChI is InChI=1S/C18H14N6/c1-13-5-7-14(8-6-13)15-10-16(12-19-11-15)24-22-18(21-23-24)17-4-2-3-9-20-17/h2-12H,1H3. The molecular formula is C18H14N6. The molecule has 4 aromatic rings. The van der Waals surface area contributed by atoms with Gasteiger partial charge in [0.15, 0.2) is 0 Å². The van der Waals surface area contributed by atoms with E-state index in [0.717, 1.165) is 16.8 Å². The molecule has 24 heavy (non-hydrogen) atoms. The smallest absolute Gasteiger partial charge is 0.223 e. The predicted octanol–water partition coefficient (Wildman–Crippen LogP) is 3.09. The van der Waals surface area contributed by atoms with E-state index >= 15 is 0 Å². The van der Waals surface area contributed by atoms with Crippen LogP contribution in [0.15, 0.2) is 67.1 Å². The van der Waals surface area contributed by atoms with Crippen LogP contribution in [0.3, 0.4) is 0 Å². The zero-order valence-electron chi connectivity index (χ0n) is 13.0. The maximum atomic E-state index is 4.39. The molecule has 0 aliphatic rings. The van der Waals surface area contributed by atoms with Crippen LogP contribution in [0.1, 0.15) is 5.56 Å². The second-order valence-corrected chi connectivity index (χ2v) is 5.42. The van der Waals surface area contributed by atoms with Gasteiger partial charge in [-0.2, -0.15) is 0 Å². The average molecular weight is 314 g/mol. The molecule has 0 spiro atoms. The number of rotatable bonds is 3. The molecular weight excluding hydrogens is 300 g/mol. The number of hydrogen-bond acceptors (Lipinski definition) is 5. The Labute approximate surface area is 138 Å². The Kier molecular flexibility index (Phi) is 3.55. The number of benzene rings is 1. The van der Waals surface area contributed by atoms with E-state index in [1.165, 1.54) is 10.4 Å². The van der Waals surface area contributed by atoms with Crippen molar-refractivity contribution in [1.82, 2.24) is 30.2 Å². The van der Waals surface area contributed by atoms with Gasteiger partial charge in [0, 0.05) is 18.0 Å². The molecule has 0 unspecified atom stereocenters. The van der Waals surface area contributed by atoms with Crippen molar-refractivity contribution in [3.8, 4) is 28.3 Å². The predicted molar refractivity (Wildman–Crippen MR) is 90.4 cm³/mol. The van der Waals surface area contributed by atoms with Gasteiger partial charge in [0.05, 0.1) is 6.20 Å². The van der Waals surface area contributed by atoms with Gasteiger partial charge in [-0.15, -0.1) is 15.0 Å². The van der Waals surface area contributed by atoms with Crippen molar-refractivity contribution in [3.05, 3.63) is 72.7 Å². The molecule has 6 heteroatoms. The van der Waals surface area contributed by atoms with Crippen molar-refractivity contribution >= 4 is 0 Å². The number of nitrogens with zero attached hydrogens (tertiary/aromatic N) is 6. The molecule has 3 aromatic heterocycles. The van der Waals surface area contributed by atoms with Gasteiger partial charge in [-0.1, -0.05) is 35.9 Å². The molecule has 0 N–H and O–H groups in total. The third-order valence-electron chi connectivity index (χ3n) is 3.65. The van der Waals surface area contributed by atoms with Crippen LogP contribution in [-0.2, 0) is 0 Å². The van der Waals surface area contributed by atoms with E-state index in [2.05, 4.69) is 56.6 Å². The summed E-state index contributed by atoms with van der Waals surface area (Å²) < 4.78 is 0. The Morgan fingerprint density at radius 2 is 1.79 bits per heavy atom. The van der Waals surface area contributed by atoms with Crippen LogP contribution >= 0.6 is 0 Å². The first kappa shape index (κ1) is 14.2. The monoisotopic (exact) mass is 314 g/mol. The van der Waals surface area contributed by atoms with Crippen LogP contribution in [0.2, 0.25) is 0 Å². The molecule has 0 bridgehead atoms. The van der Waals surface area contributed by atoms with Crippen molar-refractivity contribution in [2.24, 2.45) is 0 Å². The Morgan fingerprint density at radius 3 is 2.58 bits per heavy atom. The molecule has 0 saturated heterocycles. The molecule has 0 radical (unpaired) electrons. The number of tetrazole rings is 1. The highest BCUT2D eigenvalue weighted by molar-refractivity contribution is 5.64. The van der Waals surface area contributed by atoms with Crippen molar-refractivity contribution in [1.29, 1.82) is 0 Å². The van der Waals surface area contributed by atoms with Gasteiger partial charge in [-0.3, -0.25) is 9.97 Å². The first-order valence-electron chi connectivity index (χ1n) is 7.53. The van der Waals surface area contributed by atoms with Gasteiger partial charge < -0.3 is 0 Å². The Bertz CT molecular complexity index is 960. The zero-order valence-corrected chi connectivity index (χ0v) is 13.0. The maximum absolute atomic E-state index is 4.39. The molecule has 0 amide bonds. The Balaban J connectivity index is 1.69. The van der Waals surface area contributed by atoms with Crippen LogP contribution in [0, 0.1) is 6.92 Å². The quantitative estimate of drug-likeness (QED) is 0.581. The highest BCUT2D eigenvalue weighted by Gasteiger charge is 2.09. The highest BCUT2D eigenvalue weighted by atomic mass is 15.6. The molecule has 4 rings (SSSR count). The lowest BCUT2D eigenvalue weighted by atomic mass is 10.1. The number of hydrogen-bond donors (Lipinski definition) is 0. The van der Waals surface area contributed by atoms with Crippen LogP contribution in [0.4, 0.5) is 0 Å². The summed E-state index contributed by atoms with van der Waals surface area (Å²) in [5, 5.41) is 12.6. The van der Waals surface area contributed by atoms with Gasteiger partial charge in [0.25, 0.3) is 0 Å². The van der Waals surface area contributed by atoms with E-state index in [1.807, 2.05) is 30.5 Å². The van der Waals surface area contributed by atoms with Crippen LogP contribution in [0.5, 0.6) is 0 Å². The molecule has 0 aliphatic carbocycles. The van der Waals surface area contributed by atoms with Gasteiger partial charge in [0.1, 0.15) is 11.4 Å². The van der Waals surface area contributed by atoms with E-state index in [9.17, 15) is 0 Å². The van der Waals surface area contributed by atoms with Crippen LogP contribution in [-0.4, -0.2) is 30.2 Å². The maximum Gasteiger partial charge on any atom is 0.223 e. The third kappa shape index (κ3) is 2.77. The summed E-state index contributed by atoms with van der Waals surface area (Å²) in [5.74, 6) is 0.483. The lowest BCUT2D eigenvalue weighted by molar-refractivity contribution is 0.717. The minimum atomic E-state index is 0.483. The second kappa shape index (κ2) is 6.00. The second-order valence-electron chi connectivity index (χ2n) is 5.42. The fourth-order valence-corrected chi connectivity index (χ4v) is 2.36. The molecule has 0 fully saturated rings. The van der Waals surface area contributed by atoms with E-state index in [-0.39, 0.29) is 0 Å². The fraction of sp³-hybridized carbons (Fsp3) is 0.0556. The molecule has 6 nitrogen and oxygen atoms in total. The van der Waals surface area contributed by atoms with Gasteiger partial charge in [0.2, 0.25) is 5.82 Å². The summed E-state index contributed by atoms with van der Waals surface area (Å²) in [6, 6.07) is 15.9. The van der Waals surface area contributed by atoms with Crippen molar-refractivity contribution in [2.45, 2.75) is 6.92 Å². The first-order valence-corrected chi connectivity index (χ1v) is 7.53. The molecule has 0 aliphatic heterocycles. The summed E-state index contributed by atoms with van der Waals surface area (Å²) in [7, 11) is 0. The summed E-state index contributed by atoms with van der Waals surface area (Å²) >= 11 is 0. The number of pyridine rings is 2. The van der Waals surface area contributed by atoms with E-state index in [0.29, 0.717) is 11.5 Å². The van der Waals surface area contributed by atoms with Crippen molar-refractivity contribution < 1.29 is 0 Å². The molecule has 3 heterocycles. The average Bonchev–Trinajstić information content (AvgIpc) is 3.13. The van der Waals surface area contributed by atoms with Crippen LogP contribution < -0.4 is 0 Å². The van der Waals surface area contributed by atoms with E-state index in [4.69, 9.17) is 0 Å². The largest absolute Gasteiger partial charge is 0.262 e. The van der Waals surface area contributed by atoms with Gasteiger partial charge >= 0.3 is 0 Å². The van der Waals surface area contributed by atoms with Crippen molar-refractivity contribution in [2.75, 3.05) is 0 Å². The van der Waals surface area contributed by atoms with Crippen molar-refractivity contribution in [3.63, 3.8) is 0 Å². The summed E-state index contributed by atoms with van der Waals surface area (Å²) in [6.45, 7) is 2.07. The zero-order chi connectivity index (χ0) is 16.4.